The van der Waals surface area contributed by atoms with E-state index in [0.717, 1.165) is 22.4 Å². The van der Waals surface area contributed by atoms with E-state index < -0.39 is 11.7 Å². The van der Waals surface area contributed by atoms with Gasteiger partial charge in [0.05, 0.1) is 7.11 Å². The first-order valence-corrected chi connectivity index (χ1v) is 10.1. The maximum atomic E-state index is 14.4. The van der Waals surface area contributed by atoms with Crippen LogP contribution < -0.4 is 10.5 Å². The fraction of sp³-hybridized carbons (Fsp3) is 0.167. The standard InChI is InChI=1S/C24H22FN5O2/c1-32-22-5-3-2-4-21(22)16-8-6-15(7-9-16)10-17(14-23(26)31)18-11-19(13-20(25)12-18)24-27-29-30-28-24/h2-9,11-13,17H,10,14H2,1H3,(H2,26,31)(H,27,28,29,30). The number of carbonyl (C=O) groups excluding carboxylic acids is 1. The third kappa shape index (κ3) is 4.80. The fourth-order valence-corrected chi connectivity index (χ4v) is 3.80. The third-order valence-electron chi connectivity index (χ3n) is 5.30. The van der Waals surface area contributed by atoms with Gasteiger partial charge in [-0.1, -0.05) is 42.5 Å². The Labute approximate surface area is 184 Å². The van der Waals surface area contributed by atoms with Crippen LogP contribution in [0.1, 0.15) is 23.5 Å². The number of amides is 1. The highest BCUT2D eigenvalue weighted by Crippen LogP contribution is 2.32. The van der Waals surface area contributed by atoms with E-state index in [9.17, 15) is 9.18 Å². The van der Waals surface area contributed by atoms with E-state index in [-0.39, 0.29) is 18.2 Å². The molecule has 162 valence electrons. The number of primary amides is 1. The van der Waals surface area contributed by atoms with Crippen LogP contribution in [0.2, 0.25) is 0 Å². The first-order chi connectivity index (χ1) is 15.5. The number of para-hydroxylation sites is 1. The molecule has 0 aliphatic carbocycles. The van der Waals surface area contributed by atoms with Gasteiger partial charge in [0.25, 0.3) is 0 Å². The molecule has 0 aliphatic heterocycles. The predicted octanol–water partition coefficient (Wildman–Crippen LogP) is 3.88. The highest BCUT2D eigenvalue weighted by molar-refractivity contribution is 5.75. The molecular weight excluding hydrogens is 409 g/mol. The Morgan fingerprint density at radius 3 is 2.56 bits per heavy atom. The van der Waals surface area contributed by atoms with Gasteiger partial charge in [0, 0.05) is 17.5 Å². The monoisotopic (exact) mass is 431 g/mol. The van der Waals surface area contributed by atoms with Crippen molar-refractivity contribution in [3.05, 3.63) is 83.7 Å². The average molecular weight is 431 g/mol. The van der Waals surface area contributed by atoms with Gasteiger partial charge in [-0.2, -0.15) is 5.21 Å². The maximum absolute atomic E-state index is 14.4. The first kappa shape index (κ1) is 21.2. The van der Waals surface area contributed by atoms with Crippen LogP contribution in [-0.2, 0) is 11.2 Å². The summed E-state index contributed by atoms with van der Waals surface area (Å²) in [7, 11) is 1.64. The second kappa shape index (κ2) is 9.38. The number of tetrazole rings is 1. The molecule has 32 heavy (non-hydrogen) atoms. The van der Waals surface area contributed by atoms with Gasteiger partial charge in [0.15, 0.2) is 0 Å². The molecule has 3 N–H and O–H groups in total. The van der Waals surface area contributed by atoms with Crippen LogP contribution in [0.4, 0.5) is 4.39 Å². The highest BCUT2D eigenvalue weighted by atomic mass is 19.1. The molecule has 0 spiro atoms. The minimum absolute atomic E-state index is 0.0867. The SMILES string of the molecule is COc1ccccc1-c1ccc(CC(CC(N)=O)c2cc(F)cc(-c3nn[nH]n3)c2)cc1. The molecule has 0 saturated carbocycles. The Hall–Kier alpha value is -4.07. The van der Waals surface area contributed by atoms with Gasteiger partial charge in [-0.05, 0) is 58.5 Å². The molecule has 1 atom stereocenters. The predicted molar refractivity (Wildman–Crippen MR) is 118 cm³/mol. The number of aromatic nitrogens is 4. The van der Waals surface area contributed by atoms with Crippen LogP contribution in [0.15, 0.2) is 66.7 Å². The molecule has 4 aromatic rings. The van der Waals surface area contributed by atoms with Crippen molar-refractivity contribution in [1.29, 1.82) is 0 Å². The molecule has 1 aromatic heterocycles. The van der Waals surface area contributed by atoms with E-state index in [1.807, 2.05) is 48.5 Å². The van der Waals surface area contributed by atoms with E-state index in [0.29, 0.717) is 17.5 Å². The Bertz CT molecular complexity index is 1210. The normalized spacial score (nSPS) is 11.8. The molecule has 1 heterocycles. The van der Waals surface area contributed by atoms with Crippen LogP contribution in [0.25, 0.3) is 22.5 Å². The van der Waals surface area contributed by atoms with Crippen molar-refractivity contribution >= 4 is 5.91 Å². The molecule has 0 aliphatic rings. The van der Waals surface area contributed by atoms with Gasteiger partial charge in [-0.3, -0.25) is 4.79 Å². The molecule has 3 aromatic carbocycles. The number of H-pyrrole nitrogens is 1. The van der Waals surface area contributed by atoms with Gasteiger partial charge in [-0.15, -0.1) is 10.2 Å². The van der Waals surface area contributed by atoms with Gasteiger partial charge in [-0.25, -0.2) is 4.39 Å². The number of hydrogen-bond donors (Lipinski definition) is 2. The summed E-state index contributed by atoms with van der Waals surface area (Å²) in [6.07, 6.45) is 0.605. The number of nitrogens with one attached hydrogen (secondary N) is 1. The summed E-state index contributed by atoms with van der Waals surface area (Å²) in [5.74, 6) is -0.120. The average Bonchev–Trinajstić information content (AvgIpc) is 3.33. The Morgan fingerprint density at radius 1 is 1.09 bits per heavy atom. The van der Waals surface area contributed by atoms with Crippen LogP contribution >= 0.6 is 0 Å². The summed E-state index contributed by atoms with van der Waals surface area (Å²) in [4.78, 5) is 11.8. The number of aromatic amines is 1. The highest BCUT2D eigenvalue weighted by Gasteiger charge is 2.19. The number of ether oxygens (including phenoxy) is 1. The van der Waals surface area contributed by atoms with Crippen LogP contribution in [-0.4, -0.2) is 33.6 Å². The van der Waals surface area contributed by atoms with Gasteiger partial charge < -0.3 is 10.5 Å². The molecule has 1 amide bonds. The second-order valence-corrected chi connectivity index (χ2v) is 7.48. The Balaban J connectivity index is 1.62. The summed E-state index contributed by atoms with van der Waals surface area (Å²) < 4.78 is 19.8. The lowest BCUT2D eigenvalue weighted by molar-refractivity contribution is -0.118. The van der Waals surface area contributed by atoms with Gasteiger partial charge in [0.1, 0.15) is 11.6 Å². The quantitative estimate of drug-likeness (QED) is 0.440. The number of rotatable bonds is 8. The molecule has 0 radical (unpaired) electrons. The second-order valence-electron chi connectivity index (χ2n) is 7.48. The molecule has 1 unspecified atom stereocenters. The summed E-state index contributed by atoms with van der Waals surface area (Å²) in [6, 6.07) is 20.3. The van der Waals surface area contributed by atoms with Crippen molar-refractivity contribution in [1.82, 2.24) is 20.6 Å². The molecule has 8 heteroatoms. The van der Waals surface area contributed by atoms with Crippen molar-refractivity contribution in [2.45, 2.75) is 18.8 Å². The number of methoxy groups -OCH3 is 1. The minimum Gasteiger partial charge on any atom is -0.496 e. The first-order valence-electron chi connectivity index (χ1n) is 10.1. The zero-order chi connectivity index (χ0) is 22.5. The number of nitrogens with two attached hydrogens (primary N) is 1. The van der Waals surface area contributed by atoms with Crippen LogP contribution in [0.5, 0.6) is 5.75 Å². The number of nitrogens with zero attached hydrogens (tertiary/aromatic N) is 3. The Kier molecular flexibility index (Phi) is 6.21. The van der Waals surface area contributed by atoms with Gasteiger partial charge >= 0.3 is 0 Å². The zero-order valence-electron chi connectivity index (χ0n) is 17.5. The number of halogens is 1. The summed E-state index contributed by atoms with van der Waals surface area (Å²) in [5, 5.41) is 13.7. The largest absolute Gasteiger partial charge is 0.496 e. The Morgan fingerprint density at radius 2 is 1.88 bits per heavy atom. The number of hydrogen-bond acceptors (Lipinski definition) is 5. The molecule has 7 nitrogen and oxygen atoms in total. The van der Waals surface area contributed by atoms with Crippen molar-refractivity contribution in [2.24, 2.45) is 5.73 Å². The molecule has 0 fully saturated rings. The van der Waals surface area contributed by atoms with Crippen LogP contribution in [0, 0.1) is 5.82 Å². The van der Waals surface area contributed by atoms with Crippen molar-refractivity contribution in [3.8, 4) is 28.3 Å². The van der Waals surface area contributed by atoms with Crippen molar-refractivity contribution in [2.75, 3.05) is 7.11 Å². The third-order valence-corrected chi connectivity index (χ3v) is 5.30. The van der Waals surface area contributed by atoms with Crippen LogP contribution in [0.3, 0.4) is 0 Å². The zero-order valence-corrected chi connectivity index (χ0v) is 17.5. The lowest BCUT2D eigenvalue weighted by Crippen LogP contribution is -2.17. The van der Waals surface area contributed by atoms with E-state index in [4.69, 9.17) is 10.5 Å². The van der Waals surface area contributed by atoms with E-state index >= 15 is 0 Å². The van der Waals surface area contributed by atoms with Crippen molar-refractivity contribution < 1.29 is 13.9 Å². The molecule has 0 bridgehead atoms. The lowest BCUT2D eigenvalue weighted by Gasteiger charge is -2.17. The molecule has 4 rings (SSSR count). The van der Waals surface area contributed by atoms with E-state index in [1.165, 1.54) is 12.1 Å². The van der Waals surface area contributed by atoms with Gasteiger partial charge in [0.2, 0.25) is 11.7 Å². The molecular formula is C24H22FN5O2. The number of benzene rings is 3. The summed E-state index contributed by atoms with van der Waals surface area (Å²) in [5.41, 5.74) is 9.64. The topological polar surface area (TPSA) is 107 Å². The fourth-order valence-electron chi connectivity index (χ4n) is 3.80. The minimum atomic E-state index is -0.453. The smallest absolute Gasteiger partial charge is 0.218 e. The van der Waals surface area contributed by atoms with E-state index in [2.05, 4.69) is 20.6 Å². The lowest BCUT2D eigenvalue weighted by atomic mass is 9.87. The van der Waals surface area contributed by atoms with E-state index in [1.54, 1.807) is 13.2 Å². The van der Waals surface area contributed by atoms with Crippen molar-refractivity contribution in [3.63, 3.8) is 0 Å². The summed E-state index contributed by atoms with van der Waals surface area (Å²) in [6.45, 7) is 0. The summed E-state index contributed by atoms with van der Waals surface area (Å²) >= 11 is 0. The maximum Gasteiger partial charge on any atom is 0.218 e. The number of carbonyl (C=O) groups is 1. The molecule has 0 saturated heterocycles.